The third-order valence-electron chi connectivity index (χ3n) is 5.36. The third kappa shape index (κ3) is 7.26. The van der Waals surface area contributed by atoms with Crippen LogP contribution in [0.15, 0.2) is 65.8 Å². The second-order valence-corrected chi connectivity index (χ2v) is 8.12. The lowest BCUT2D eigenvalue weighted by atomic mass is 10.1. The van der Waals surface area contributed by atoms with E-state index in [2.05, 4.69) is 21.2 Å². The molecule has 0 spiro atoms. The highest BCUT2D eigenvalue weighted by Gasteiger charge is 2.14. The molecule has 3 aromatic rings. The topological polar surface area (TPSA) is 109 Å². The number of carbonyl (C=O) groups is 3. The van der Waals surface area contributed by atoms with Crippen LogP contribution in [0.4, 0.5) is 11.4 Å². The van der Waals surface area contributed by atoms with E-state index in [4.69, 9.17) is 4.74 Å². The van der Waals surface area contributed by atoms with Crippen molar-refractivity contribution in [1.82, 2.24) is 5.43 Å². The van der Waals surface area contributed by atoms with Crippen molar-refractivity contribution in [2.24, 2.45) is 5.10 Å². The molecular weight excluding hydrogens is 444 g/mol. The zero-order valence-electron chi connectivity index (χ0n) is 20.1. The van der Waals surface area contributed by atoms with Crippen LogP contribution in [0.2, 0.25) is 0 Å². The quantitative estimate of drug-likeness (QED) is 0.274. The molecule has 0 aliphatic heterocycles. The molecule has 3 amide bonds. The summed E-state index contributed by atoms with van der Waals surface area (Å²) in [6, 6.07) is 18.1. The maximum atomic E-state index is 12.2. The molecule has 3 rings (SSSR count). The van der Waals surface area contributed by atoms with E-state index in [-0.39, 0.29) is 12.5 Å². The Kier molecular flexibility index (Phi) is 8.34. The maximum absolute atomic E-state index is 12.2. The van der Waals surface area contributed by atoms with Crippen LogP contribution in [-0.2, 0) is 14.4 Å². The maximum Gasteiger partial charge on any atom is 0.329 e. The summed E-state index contributed by atoms with van der Waals surface area (Å²) in [6.07, 6.45) is 1.40. The van der Waals surface area contributed by atoms with E-state index < -0.39 is 11.8 Å². The summed E-state index contributed by atoms with van der Waals surface area (Å²) in [6.45, 7) is 7.55. The van der Waals surface area contributed by atoms with Crippen molar-refractivity contribution in [3.05, 3.63) is 88.5 Å². The molecule has 3 aromatic carbocycles. The minimum atomic E-state index is -0.878. The van der Waals surface area contributed by atoms with Gasteiger partial charge in [-0.15, -0.1) is 0 Å². The van der Waals surface area contributed by atoms with Crippen molar-refractivity contribution >= 4 is 35.3 Å². The van der Waals surface area contributed by atoms with Gasteiger partial charge in [0.2, 0.25) is 0 Å². The molecule has 0 aliphatic rings. The molecule has 0 aromatic heterocycles. The van der Waals surface area contributed by atoms with Gasteiger partial charge in [-0.05, 0) is 91.9 Å². The van der Waals surface area contributed by atoms with Crippen molar-refractivity contribution in [2.75, 3.05) is 17.2 Å². The smallest absolute Gasteiger partial charge is 0.329 e. The van der Waals surface area contributed by atoms with Crippen molar-refractivity contribution in [3.8, 4) is 5.75 Å². The van der Waals surface area contributed by atoms with Crippen LogP contribution in [0.1, 0.15) is 27.8 Å². The molecule has 180 valence electrons. The lowest BCUT2D eigenvalue weighted by Crippen LogP contribution is -2.32. The Morgan fingerprint density at radius 1 is 0.829 bits per heavy atom. The summed E-state index contributed by atoms with van der Waals surface area (Å²) in [4.78, 5) is 36.3. The number of hydrogen-bond donors (Lipinski definition) is 3. The highest BCUT2D eigenvalue weighted by atomic mass is 16.5. The summed E-state index contributed by atoms with van der Waals surface area (Å²) in [5.74, 6) is -1.43. The molecule has 0 aliphatic carbocycles. The van der Waals surface area contributed by atoms with Gasteiger partial charge < -0.3 is 15.4 Å². The van der Waals surface area contributed by atoms with E-state index in [1.54, 1.807) is 36.4 Å². The van der Waals surface area contributed by atoms with Gasteiger partial charge in [-0.3, -0.25) is 14.4 Å². The summed E-state index contributed by atoms with van der Waals surface area (Å²) in [7, 11) is 0. The van der Waals surface area contributed by atoms with E-state index in [0.29, 0.717) is 17.0 Å². The van der Waals surface area contributed by atoms with E-state index in [1.807, 2.05) is 52.0 Å². The molecule has 0 fully saturated rings. The van der Waals surface area contributed by atoms with Crippen LogP contribution in [-0.4, -0.2) is 30.5 Å². The third-order valence-corrected chi connectivity index (χ3v) is 5.36. The van der Waals surface area contributed by atoms with Crippen LogP contribution in [0.25, 0.3) is 0 Å². The Bertz CT molecular complexity index is 1270. The van der Waals surface area contributed by atoms with E-state index in [1.165, 1.54) is 6.21 Å². The van der Waals surface area contributed by atoms with E-state index in [9.17, 15) is 14.4 Å². The van der Waals surface area contributed by atoms with Crippen molar-refractivity contribution < 1.29 is 19.1 Å². The van der Waals surface area contributed by atoms with Gasteiger partial charge >= 0.3 is 11.8 Å². The number of hydrogen-bond acceptors (Lipinski definition) is 5. The number of amides is 3. The van der Waals surface area contributed by atoms with Gasteiger partial charge in [0.15, 0.2) is 6.61 Å². The van der Waals surface area contributed by atoms with Gasteiger partial charge in [0.1, 0.15) is 5.75 Å². The number of nitrogens with one attached hydrogen (secondary N) is 3. The first-order chi connectivity index (χ1) is 16.7. The van der Waals surface area contributed by atoms with Gasteiger partial charge in [-0.1, -0.05) is 24.3 Å². The largest absolute Gasteiger partial charge is 0.484 e. The first-order valence-electron chi connectivity index (χ1n) is 11.0. The molecule has 8 heteroatoms. The zero-order valence-corrected chi connectivity index (χ0v) is 20.1. The predicted octanol–water partition coefficient (Wildman–Crippen LogP) is 4.03. The SMILES string of the molecule is Cc1ccc(C)c(NC(=O)COc2ccc(/C=N\NC(=O)C(=O)Nc3cccc(C)c3C)cc2)c1. The van der Waals surface area contributed by atoms with Crippen LogP contribution in [0.3, 0.4) is 0 Å². The Balaban J connectivity index is 1.46. The average Bonchev–Trinajstić information content (AvgIpc) is 2.83. The summed E-state index contributed by atoms with van der Waals surface area (Å²) in [5, 5.41) is 9.24. The standard InChI is InChI=1S/C27H28N4O4/c1-17-8-9-19(3)24(14-17)29-25(32)16-35-22-12-10-21(11-13-22)15-28-31-27(34)26(33)30-23-7-5-6-18(2)20(23)4/h5-15H,16H2,1-4H3,(H,29,32)(H,30,33)(H,31,34)/b28-15-. The molecule has 35 heavy (non-hydrogen) atoms. The lowest BCUT2D eigenvalue weighted by molar-refractivity contribution is -0.136. The first kappa shape index (κ1) is 25.2. The minimum absolute atomic E-state index is 0.133. The monoisotopic (exact) mass is 472 g/mol. The summed E-state index contributed by atoms with van der Waals surface area (Å²) < 4.78 is 5.53. The number of benzene rings is 3. The molecule has 0 saturated heterocycles. The highest BCUT2D eigenvalue weighted by molar-refractivity contribution is 6.39. The number of nitrogens with zero attached hydrogens (tertiary/aromatic N) is 1. The minimum Gasteiger partial charge on any atom is -0.484 e. The van der Waals surface area contributed by atoms with Gasteiger partial charge in [-0.2, -0.15) is 5.10 Å². The number of anilines is 2. The van der Waals surface area contributed by atoms with Crippen molar-refractivity contribution in [1.29, 1.82) is 0 Å². The van der Waals surface area contributed by atoms with Crippen molar-refractivity contribution in [2.45, 2.75) is 27.7 Å². The lowest BCUT2D eigenvalue weighted by Gasteiger charge is -2.10. The first-order valence-corrected chi connectivity index (χ1v) is 11.0. The number of rotatable bonds is 7. The van der Waals surface area contributed by atoms with Gasteiger partial charge in [0.25, 0.3) is 5.91 Å². The summed E-state index contributed by atoms with van der Waals surface area (Å²) in [5.41, 5.74) is 8.15. The normalized spacial score (nSPS) is 10.6. The Morgan fingerprint density at radius 3 is 2.31 bits per heavy atom. The molecular formula is C27H28N4O4. The van der Waals surface area contributed by atoms with Gasteiger partial charge in [0.05, 0.1) is 6.21 Å². The number of hydrazone groups is 1. The van der Waals surface area contributed by atoms with Crippen LogP contribution in [0.5, 0.6) is 5.75 Å². The van der Waals surface area contributed by atoms with Crippen LogP contribution >= 0.6 is 0 Å². The fraction of sp³-hybridized carbons (Fsp3) is 0.185. The average molecular weight is 473 g/mol. The summed E-state index contributed by atoms with van der Waals surface area (Å²) >= 11 is 0. The fourth-order valence-corrected chi connectivity index (χ4v) is 3.14. The molecule has 3 N–H and O–H groups in total. The molecule has 0 heterocycles. The predicted molar refractivity (Wildman–Crippen MR) is 137 cm³/mol. The molecule has 0 atom stereocenters. The highest BCUT2D eigenvalue weighted by Crippen LogP contribution is 2.18. The van der Waals surface area contributed by atoms with Crippen molar-refractivity contribution in [3.63, 3.8) is 0 Å². The number of carbonyl (C=O) groups excluding carboxylic acids is 3. The number of ether oxygens (including phenoxy) is 1. The molecule has 0 saturated carbocycles. The molecule has 0 radical (unpaired) electrons. The van der Waals surface area contributed by atoms with E-state index >= 15 is 0 Å². The fourth-order valence-electron chi connectivity index (χ4n) is 3.14. The van der Waals surface area contributed by atoms with E-state index in [0.717, 1.165) is 27.9 Å². The zero-order chi connectivity index (χ0) is 25.4. The Morgan fingerprint density at radius 2 is 1.57 bits per heavy atom. The second kappa shape index (κ2) is 11.6. The Labute approximate surface area is 204 Å². The molecule has 8 nitrogen and oxygen atoms in total. The number of aryl methyl sites for hydroxylation is 3. The van der Waals surface area contributed by atoms with Crippen LogP contribution in [0, 0.1) is 27.7 Å². The second-order valence-electron chi connectivity index (χ2n) is 8.12. The Hall–Kier alpha value is -4.46. The van der Waals surface area contributed by atoms with Gasteiger partial charge in [-0.25, -0.2) is 5.43 Å². The van der Waals surface area contributed by atoms with Gasteiger partial charge in [0, 0.05) is 11.4 Å². The molecule has 0 unspecified atom stereocenters. The molecule has 0 bridgehead atoms. The van der Waals surface area contributed by atoms with Crippen LogP contribution < -0.4 is 20.8 Å².